The molecular formula is C16H19NO4. The second-order valence-corrected chi connectivity index (χ2v) is 5.84. The molecule has 5 heteroatoms. The van der Waals surface area contributed by atoms with Crippen molar-refractivity contribution in [3.63, 3.8) is 0 Å². The van der Waals surface area contributed by atoms with Crippen LogP contribution in [0.5, 0.6) is 5.75 Å². The third-order valence-electron chi connectivity index (χ3n) is 4.67. The monoisotopic (exact) mass is 289 g/mol. The summed E-state index contributed by atoms with van der Waals surface area (Å²) in [5, 5.41) is 12.0. The van der Waals surface area contributed by atoms with Gasteiger partial charge in [-0.25, -0.2) is 4.79 Å². The summed E-state index contributed by atoms with van der Waals surface area (Å²) in [7, 11) is 1.44. The van der Waals surface area contributed by atoms with Crippen molar-refractivity contribution in [3.8, 4) is 5.75 Å². The van der Waals surface area contributed by atoms with Crippen LogP contribution in [0.2, 0.25) is 0 Å². The molecule has 2 aliphatic carbocycles. The summed E-state index contributed by atoms with van der Waals surface area (Å²) in [6, 6.07) is 4.88. The smallest absolute Gasteiger partial charge is 0.339 e. The summed E-state index contributed by atoms with van der Waals surface area (Å²) in [4.78, 5) is 23.1. The number of fused-ring (bicyclic) bond motifs is 1. The van der Waals surface area contributed by atoms with Crippen molar-refractivity contribution in [1.82, 2.24) is 5.32 Å². The lowest BCUT2D eigenvalue weighted by molar-refractivity contribution is -0.123. The van der Waals surface area contributed by atoms with Crippen molar-refractivity contribution >= 4 is 11.9 Å². The standard InChI is InChI=1S/C16H19NO4/c1-21-13-7-9(5-6-12(13)16(19)20)8-17-15(18)14-10-3-2-4-11(10)14/h5-7,10-11,14H,2-4,8H2,1H3,(H,17,18)(H,19,20)/t10-,11+,14?. The van der Waals surface area contributed by atoms with Gasteiger partial charge in [-0.3, -0.25) is 4.79 Å². The predicted molar refractivity (Wildman–Crippen MR) is 76.1 cm³/mol. The Labute approximate surface area is 123 Å². The number of hydrogen-bond donors (Lipinski definition) is 2. The Kier molecular flexibility index (Phi) is 3.57. The number of carboxylic acid groups (broad SMARTS) is 1. The largest absolute Gasteiger partial charge is 0.496 e. The first-order valence-corrected chi connectivity index (χ1v) is 7.29. The fourth-order valence-corrected chi connectivity index (χ4v) is 3.54. The number of benzene rings is 1. The number of aromatic carboxylic acids is 1. The Balaban J connectivity index is 1.60. The molecule has 1 unspecified atom stereocenters. The first-order valence-electron chi connectivity index (χ1n) is 7.29. The van der Waals surface area contributed by atoms with Crippen LogP contribution in [0.15, 0.2) is 18.2 Å². The average molecular weight is 289 g/mol. The Bertz CT molecular complexity index is 574. The number of hydrogen-bond acceptors (Lipinski definition) is 3. The SMILES string of the molecule is COc1cc(CNC(=O)C2[C@H]3CCC[C@@H]23)ccc1C(=O)O. The van der Waals surface area contributed by atoms with E-state index in [0.717, 1.165) is 5.56 Å². The zero-order valence-corrected chi connectivity index (χ0v) is 12.0. The molecule has 21 heavy (non-hydrogen) atoms. The van der Waals surface area contributed by atoms with Crippen molar-refractivity contribution in [2.75, 3.05) is 7.11 Å². The van der Waals surface area contributed by atoms with E-state index >= 15 is 0 Å². The molecule has 2 fully saturated rings. The Morgan fingerprint density at radius 2 is 2.05 bits per heavy atom. The first-order chi connectivity index (χ1) is 10.1. The predicted octanol–water partition coefficient (Wildman–Crippen LogP) is 2.06. The fraction of sp³-hybridized carbons (Fsp3) is 0.500. The van der Waals surface area contributed by atoms with Crippen LogP contribution in [0.1, 0.15) is 35.2 Å². The van der Waals surface area contributed by atoms with Gasteiger partial charge in [0.25, 0.3) is 0 Å². The van der Waals surface area contributed by atoms with Gasteiger partial charge >= 0.3 is 5.97 Å². The van der Waals surface area contributed by atoms with E-state index in [4.69, 9.17) is 9.84 Å². The third-order valence-corrected chi connectivity index (χ3v) is 4.67. The summed E-state index contributed by atoms with van der Waals surface area (Å²) in [5.41, 5.74) is 0.973. The van der Waals surface area contributed by atoms with Crippen LogP contribution < -0.4 is 10.1 Å². The summed E-state index contributed by atoms with van der Waals surface area (Å²) >= 11 is 0. The maximum atomic E-state index is 12.1. The Hall–Kier alpha value is -2.04. The molecule has 2 aliphatic rings. The number of rotatable bonds is 5. The highest BCUT2D eigenvalue weighted by atomic mass is 16.5. The highest BCUT2D eigenvalue weighted by molar-refractivity contribution is 5.91. The molecule has 0 bridgehead atoms. The number of nitrogens with one attached hydrogen (secondary N) is 1. The highest BCUT2D eigenvalue weighted by Gasteiger charge is 2.56. The average Bonchev–Trinajstić information content (AvgIpc) is 2.97. The molecule has 112 valence electrons. The highest BCUT2D eigenvalue weighted by Crippen LogP contribution is 2.57. The second-order valence-electron chi connectivity index (χ2n) is 5.84. The minimum Gasteiger partial charge on any atom is -0.496 e. The van der Waals surface area contributed by atoms with E-state index in [1.54, 1.807) is 12.1 Å². The molecule has 0 radical (unpaired) electrons. The molecule has 0 aromatic heterocycles. The van der Waals surface area contributed by atoms with E-state index in [9.17, 15) is 9.59 Å². The lowest BCUT2D eigenvalue weighted by Crippen LogP contribution is -2.26. The normalized spacial score (nSPS) is 26.0. The fourth-order valence-electron chi connectivity index (χ4n) is 3.54. The number of amides is 1. The molecule has 0 aliphatic heterocycles. The molecule has 0 heterocycles. The van der Waals surface area contributed by atoms with Crippen LogP contribution in [0.4, 0.5) is 0 Å². The summed E-state index contributed by atoms with van der Waals surface area (Å²) in [5.74, 6) is 0.846. The number of carboxylic acids is 1. The van der Waals surface area contributed by atoms with Crippen molar-refractivity contribution in [3.05, 3.63) is 29.3 Å². The quantitative estimate of drug-likeness (QED) is 0.870. The van der Waals surface area contributed by atoms with Crippen LogP contribution in [0, 0.1) is 17.8 Å². The maximum absolute atomic E-state index is 12.1. The molecule has 2 saturated carbocycles. The Morgan fingerprint density at radius 1 is 1.33 bits per heavy atom. The minimum absolute atomic E-state index is 0.129. The van der Waals surface area contributed by atoms with Crippen LogP contribution >= 0.6 is 0 Å². The van der Waals surface area contributed by atoms with Crippen molar-refractivity contribution < 1.29 is 19.4 Å². The molecule has 3 atom stereocenters. The van der Waals surface area contributed by atoms with Crippen LogP contribution in [-0.2, 0) is 11.3 Å². The van der Waals surface area contributed by atoms with Gasteiger partial charge in [0.05, 0.1) is 7.11 Å². The summed E-state index contributed by atoms with van der Waals surface area (Å²) < 4.78 is 5.08. The molecule has 1 amide bonds. The van der Waals surface area contributed by atoms with E-state index in [-0.39, 0.29) is 17.4 Å². The molecule has 1 aromatic rings. The zero-order valence-electron chi connectivity index (χ0n) is 12.0. The van der Waals surface area contributed by atoms with E-state index < -0.39 is 5.97 Å². The van der Waals surface area contributed by atoms with Gasteiger partial charge in [0.1, 0.15) is 11.3 Å². The van der Waals surface area contributed by atoms with Gasteiger partial charge in [-0.15, -0.1) is 0 Å². The van der Waals surface area contributed by atoms with E-state index in [2.05, 4.69) is 5.32 Å². The molecule has 2 N–H and O–H groups in total. The van der Waals surface area contributed by atoms with Gasteiger partial charge < -0.3 is 15.2 Å². The molecular weight excluding hydrogens is 270 g/mol. The van der Waals surface area contributed by atoms with Crippen LogP contribution in [0.3, 0.4) is 0 Å². The summed E-state index contributed by atoms with van der Waals surface area (Å²) in [6.07, 6.45) is 3.63. The first kappa shape index (κ1) is 13.9. The Morgan fingerprint density at radius 3 is 2.67 bits per heavy atom. The lowest BCUT2D eigenvalue weighted by Gasteiger charge is -2.10. The number of methoxy groups -OCH3 is 1. The van der Waals surface area contributed by atoms with E-state index in [0.29, 0.717) is 24.1 Å². The minimum atomic E-state index is -1.02. The van der Waals surface area contributed by atoms with Crippen molar-refractivity contribution in [2.24, 2.45) is 17.8 Å². The zero-order chi connectivity index (χ0) is 15.0. The summed E-state index contributed by atoms with van der Waals surface area (Å²) in [6.45, 7) is 0.408. The maximum Gasteiger partial charge on any atom is 0.339 e. The topological polar surface area (TPSA) is 75.6 Å². The number of ether oxygens (including phenoxy) is 1. The molecule has 3 rings (SSSR count). The van der Waals surface area contributed by atoms with Gasteiger partial charge in [-0.1, -0.05) is 12.5 Å². The van der Waals surface area contributed by atoms with Crippen LogP contribution in [-0.4, -0.2) is 24.1 Å². The number of carbonyl (C=O) groups excluding carboxylic acids is 1. The lowest BCUT2D eigenvalue weighted by atomic mass is 10.1. The third kappa shape index (κ3) is 2.60. The van der Waals surface area contributed by atoms with E-state index in [1.165, 1.54) is 32.4 Å². The van der Waals surface area contributed by atoms with Crippen LogP contribution in [0.25, 0.3) is 0 Å². The molecule has 5 nitrogen and oxygen atoms in total. The molecule has 1 aromatic carbocycles. The van der Waals surface area contributed by atoms with Gasteiger partial charge in [0.15, 0.2) is 0 Å². The van der Waals surface area contributed by atoms with Crippen molar-refractivity contribution in [2.45, 2.75) is 25.8 Å². The molecule has 0 saturated heterocycles. The van der Waals surface area contributed by atoms with Gasteiger partial charge in [-0.2, -0.15) is 0 Å². The van der Waals surface area contributed by atoms with E-state index in [1.807, 2.05) is 0 Å². The molecule has 0 spiro atoms. The van der Waals surface area contributed by atoms with Gasteiger partial charge in [0.2, 0.25) is 5.91 Å². The van der Waals surface area contributed by atoms with Gasteiger partial charge in [0, 0.05) is 12.5 Å². The second kappa shape index (κ2) is 5.39. The van der Waals surface area contributed by atoms with Gasteiger partial charge in [-0.05, 0) is 42.4 Å². The number of carbonyl (C=O) groups is 2. The van der Waals surface area contributed by atoms with Crippen molar-refractivity contribution in [1.29, 1.82) is 0 Å².